The molecule has 0 unspecified atom stereocenters. The number of para-hydroxylation sites is 1. The summed E-state index contributed by atoms with van der Waals surface area (Å²) in [5.41, 5.74) is 0.735. The lowest BCUT2D eigenvalue weighted by Crippen LogP contribution is -2.11. The minimum Gasteiger partial charge on any atom is -0.379 e. The van der Waals surface area contributed by atoms with Crippen LogP contribution in [0.15, 0.2) is 51.8 Å². The lowest BCUT2D eigenvalue weighted by molar-refractivity contribution is 0.484. The second-order valence-electron chi connectivity index (χ2n) is 3.88. The second-order valence-corrected chi connectivity index (χ2v) is 6.72. The molecule has 0 aliphatic rings. The van der Waals surface area contributed by atoms with Crippen LogP contribution in [0.5, 0.6) is 5.75 Å². The summed E-state index contributed by atoms with van der Waals surface area (Å²) >= 11 is 9.15. The fourth-order valence-corrected chi connectivity index (χ4v) is 3.49. The molecule has 19 heavy (non-hydrogen) atoms. The van der Waals surface area contributed by atoms with E-state index in [-0.39, 0.29) is 9.92 Å². The van der Waals surface area contributed by atoms with E-state index in [9.17, 15) is 8.42 Å². The quantitative estimate of drug-likeness (QED) is 0.770. The normalized spacial score (nSPS) is 11.3. The van der Waals surface area contributed by atoms with Crippen molar-refractivity contribution in [3.8, 4) is 5.75 Å². The first-order valence-corrected chi connectivity index (χ1v) is 7.93. The van der Waals surface area contributed by atoms with E-state index in [1.807, 2.05) is 0 Å². The van der Waals surface area contributed by atoms with E-state index < -0.39 is 10.1 Å². The summed E-state index contributed by atoms with van der Waals surface area (Å²) in [6, 6.07) is 11.4. The number of rotatable bonds is 3. The molecule has 3 nitrogen and oxygen atoms in total. The van der Waals surface area contributed by atoms with Gasteiger partial charge < -0.3 is 4.18 Å². The van der Waals surface area contributed by atoms with Gasteiger partial charge in [0.25, 0.3) is 0 Å². The van der Waals surface area contributed by atoms with Crippen molar-refractivity contribution >= 4 is 37.6 Å². The SMILES string of the molecule is Cc1ccccc1OS(=O)(=O)c1ccc(Br)cc1Cl. The number of halogens is 2. The number of hydrogen-bond donors (Lipinski definition) is 0. The fraction of sp³-hybridized carbons (Fsp3) is 0.0769. The Labute approximate surface area is 125 Å². The molecule has 0 saturated heterocycles. The standard InChI is InChI=1S/C13H10BrClO3S/c1-9-4-2-3-5-12(9)18-19(16,17)13-7-6-10(14)8-11(13)15/h2-8H,1H3. The summed E-state index contributed by atoms with van der Waals surface area (Å²) in [7, 11) is -3.94. The van der Waals surface area contributed by atoms with E-state index in [1.54, 1.807) is 37.3 Å². The maximum atomic E-state index is 12.2. The molecule has 0 fully saturated rings. The Morgan fingerprint density at radius 1 is 1.16 bits per heavy atom. The van der Waals surface area contributed by atoms with E-state index in [2.05, 4.69) is 15.9 Å². The molecule has 6 heteroatoms. The van der Waals surface area contributed by atoms with Crippen molar-refractivity contribution in [3.63, 3.8) is 0 Å². The summed E-state index contributed by atoms with van der Waals surface area (Å²) in [5, 5.41) is 0.114. The highest BCUT2D eigenvalue weighted by Crippen LogP contribution is 2.28. The molecular formula is C13H10BrClO3S. The van der Waals surface area contributed by atoms with Gasteiger partial charge in [0, 0.05) is 4.47 Å². The molecule has 0 N–H and O–H groups in total. The first kappa shape index (κ1) is 14.4. The van der Waals surface area contributed by atoms with E-state index in [4.69, 9.17) is 15.8 Å². The molecule has 0 saturated carbocycles. The first-order chi connectivity index (χ1) is 8.90. The lowest BCUT2D eigenvalue weighted by Gasteiger charge is -2.10. The average Bonchev–Trinajstić information content (AvgIpc) is 2.31. The van der Waals surface area contributed by atoms with Gasteiger partial charge in [-0.25, -0.2) is 0 Å². The predicted octanol–water partition coefficient (Wildman–Crippen LogP) is 4.18. The van der Waals surface area contributed by atoms with Crippen LogP contribution < -0.4 is 4.18 Å². The molecule has 0 spiro atoms. The van der Waals surface area contributed by atoms with Crippen molar-refractivity contribution in [2.24, 2.45) is 0 Å². The van der Waals surface area contributed by atoms with Crippen molar-refractivity contribution in [2.45, 2.75) is 11.8 Å². The highest BCUT2D eigenvalue weighted by atomic mass is 79.9. The van der Waals surface area contributed by atoms with Crippen LogP contribution in [0.2, 0.25) is 5.02 Å². The van der Waals surface area contributed by atoms with Crippen LogP contribution in [-0.4, -0.2) is 8.42 Å². The van der Waals surface area contributed by atoms with Crippen LogP contribution in [0, 0.1) is 6.92 Å². The van der Waals surface area contributed by atoms with Gasteiger partial charge >= 0.3 is 10.1 Å². The molecule has 2 aromatic carbocycles. The third-order valence-electron chi connectivity index (χ3n) is 2.46. The van der Waals surface area contributed by atoms with E-state index in [1.165, 1.54) is 12.1 Å². The van der Waals surface area contributed by atoms with E-state index in [0.717, 1.165) is 5.56 Å². The summed E-state index contributed by atoms with van der Waals surface area (Å²) in [4.78, 5) is -0.0550. The summed E-state index contributed by atoms with van der Waals surface area (Å²) in [6.45, 7) is 1.77. The monoisotopic (exact) mass is 360 g/mol. The van der Waals surface area contributed by atoms with Gasteiger partial charge in [-0.2, -0.15) is 8.42 Å². The molecule has 0 amide bonds. The summed E-state index contributed by atoms with van der Waals surface area (Å²) < 4.78 is 30.1. The number of aryl methyl sites for hydroxylation is 1. The minimum absolute atomic E-state index is 0.0550. The fourth-order valence-electron chi connectivity index (χ4n) is 1.49. The van der Waals surface area contributed by atoms with Crippen molar-refractivity contribution in [3.05, 3.63) is 57.5 Å². The zero-order valence-corrected chi connectivity index (χ0v) is 13.1. The van der Waals surface area contributed by atoms with Gasteiger partial charge in [0.1, 0.15) is 10.6 Å². The van der Waals surface area contributed by atoms with Gasteiger partial charge in [-0.05, 0) is 36.8 Å². The van der Waals surface area contributed by atoms with Gasteiger partial charge in [0.2, 0.25) is 0 Å². The van der Waals surface area contributed by atoms with Crippen molar-refractivity contribution in [1.29, 1.82) is 0 Å². The smallest absolute Gasteiger partial charge is 0.340 e. The number of hydrogen-bond acceptors (Lipinski definition) is 3. The Hall–Kier alpha value is -1.04. The van der Waals surface area contributed by atoms with Crippen LogP contribution in [0.3, 0.4) is 0 Å². The largest absolute Gasteiger partial charge is 0.379 e. The summed E-state index contributed by atoms with van der Waals surface area (Å²) in [5.74, 6) is 0.293. The van der Waals surface area contributed by atoms with Gasteiger partial charge in [0.05, 0.1) is 5.02 Å². The highest BCUT2D eigenvalue weighted by molar-refractivity contribution is 9.10. The third kappa shape index (κ3) is 3.29. The Morgan fingerprint density at radius 2 is 1.84 bits per heavy atom. The topological polar surface area (TPSA) is 43.4 Å². The van der Waals surface area contributed by atoms with Crippen LogP contribution >= 0.6 is 27.5 Å². The maximum absolute atomic E-state index is 12.2. The van der Waals surface area contributed by atoms with Gasteiger partial charge in [0.15, 0.2) is 0 Å². The molecule has 0 atom stereocenters. The van der Waals surface area contributed by atoms with Crippen molar-refractivity contribution in [1.82, 2.24) is 0 Å². The third-order valence-corrected chi connectivity index (χ3v) is 4.67. The van der Waals surface area contributed by atoms with Gasteiger partial charge in [-0.3, -0.25) is 0 Å². The Bertz CT molecular complexity index is 714. The second kappa shape index (κ2) is 5.53. The molecule has 0 aromatic heterocycles. The van der Waals surface area contributed by atoms with Crippen LogP contribution in [0.1, 0.15) is 5.56 Å². The van der Waals surface area contributed by atoms with Crippen LogP contribution in [0.25, 0.3) is 0 Å². The Kier molecular flexibility index (Phi) is 4.18. The van der Waals surface area contributed by atoms with Crippen molar-refractivity contribution in [2.75, 3.05) is 0 Å². The molecule has 2 rings (SSSR count). The van der Waals surface area contributed by atoms with E-state index >= 15 is 0 Å². The number of benzene rings is 2. The van der Waals surface area contributed by atoms with Crippen LogP contribution in [-0.2, 0) is 10.1 Å². The lowest BCUT2D eigenvalue weighted by atomic mass is 10.2. The molecule has 0 aliphatic heterocycles. The van der Waals surface area contributed by atoms with Crippen molar-refractivity contribution < 1.29 is 12.6 Å². The highest BCUT2D eigenvalue weighted by Gasteiger charge is 2.21. The molecule has 100 valence electrons. The Balaban J connectivity index is 2.41. The average molecular weight is 362 g/mol. The molecule has 0 aliphatic carbocycles. The minimum atomic E-state index is -3.94. The van der Waals surface area contributed by atoms with Gasteiger partial charge in [-0.15, -0.1) is 0 Å². The predicted molar refractivity (Wildman–Crippen MR) is 78.1 cm³/mol. The van der Waals surface area contributed by atoms with E-state index in [0.29, 0.717) is 10.2 Å². The summed E-state index contributed by atoms with van der Waals surface area (Å²) in [6.07, 6.45) is 0. The molecular weight excluding hydrogens is 352 g/mol. The zero-order chi connectivity index (χ0) is 14.0. The maximum Gasteiger partial charge on any atom is 0.340 e. The van der Waals surface area contributed by atoms with Crippen LogP contribution in [0.4, 0.5) is 0 Å². The first-order valence-electron chi connectivity index (χ1n) is 5.35. The molecule has 2 aromatic rings. The zero-order valence-electron chi connectivity index (χ0n) is 9.93. The van der Waals surface area contributed by atoms with Gasteiger partial charge in [-0.1, -0.05) is 45.7 Å². The Morgan fingerprint density at radius 3 is 2.47 bits per heavy atom. The molecule has 0 bridgehead atoms. The molecule has 0 heterocycles. The molecule has 0 radical (unpaired) electrons.